The van der Waals surface area contributed by atoms with Crippen molar-refractivity contribution in [1.29, 1.82) is 0 Å². The van der Waals surface area contributed by atoms with Crippen molar-refractivity contribution in [3.63, 3.8) is 0 Å². The van der Waals surface area contributed by atoms with Gasteiger partial charge in [-0.25, -0.2) is 9.18 Å². The highest BCUT2D eigenvalue weighted by atomic mass is 19.1. The summed E-state index contributed by atoms with van der Waals surface area (Å²) in [4.78, 5) is 26.6. The maximum Gasteiger partial charge on any atom is 0.338 e. The van der Waals surface area contributed by atoms with E-state index in [9.17, 15) is 14.0 Å². The zero-order valence-electron chi connectivity index (χ0n) is 15.3. The molecule has 0 N–H and O–H groups in total. The van der Waals surface area contributed by atoms with Crippen LogP contribution in [0.15, 0.2) is 66.7 Å². The molecule has 3 aromatic carbocycles. The molecule has 142 valence electrons. The molecule has 0 spiro atoms. The third kappa shape index (κ3) is 4.03. The Morgan fingerprint density at radius 1 is 0.964 bits per heavy atom. The molecule has 4 nitrogen and oxygen atoms in total. The molecular formula is C23H20FNO3. The minimum atomic E-state index is -0.541. The fraction of sp³-hybridized carbons (Fsp3) is 0.217. The maximum absolute atomic E-state index is 13.9. The van der Waals surface area contributed by atoms with Gasteiger partial charge in [0.25, 0.3) is 5.91 Å². The van der Waals surface area contributed by atoms with E-state index in [4.69, 9.17) is 4.74 Å². The lowest BCUT2D eigenvalue weighted by atomic mass is 10.1. The maximum atomic E-state index is 13.9. The molecule has 0 unspecified atom stereocenters. The zero-order chi connectivity index (χ0) is 19.5. The molecule has 1 aliphatic rings. The van der Waals surface area contributed by atoms with Crippen molar-refractivity contribution in [3.8, 4) is 0 Å². The summed E-state index contributed by atoms with van der Waals surface area (Å²) in [6.45, 7) is -0.166. The van der Waals surface area contributed by atoms with E-state index < -0.39 is 5.97 Å². The largest absolute Gasteiger partial charge is 0.452 e. The van der Waals surface area contributed by atoms with Crippen molar-refractivity contribution in [3.05, 3.63) is 83.7 Å². The molecule has 3 aromatic rings. The van der Waals surface area contributed by atoms with E-state index in [0.717, 1.165) is 23.6 Å². The number of nitrogens with zero attached hydrogens (tertiary/aromatic N) is 1. The van der Waals surface area contributed by atoms with Crippen molar-refractivity contribution < 1.29 is 18.7 Å². The highest BCUT2D eigenvalue weighted by Gasteiger charge is 2.33. The summed E-state index contributed by atoms with van der Waals surface area (Å²) in [5.41, 5.74) is 0.863. The second-order valence-corrected chi connectivity index (χ2v) is 6.98. The van der Waals surface area contributed by atoms with Crippen LogP contribution in [0.1, 0.15) is 28.8 Å². The van der Waals surface area contributed by atoms with Crippen LogP contribution < -0.4 is 0 Å². The standard InChI is InChI=1S/C23H20FNO3/c24-21-8-4-3-7-19(21)14-25(20-11-12-20)22(26)15-28-23(27)18-10-9-16-5-1-2-6-17(16)13-18/h1-10,13,20H,11-12,14-15H2. The van der Waals surface area contributed by atoms with E-state index in [0.29, 0.717) is 11.1 Å². The first kappa shape index (κ1) is 18.2. The summed E-state index contributed by atoms with van der Waals surface area (Å²) in [6, 6.07) is 19.5. The highest BCUT2D eigenvalue weighted by Crippen LogP contribution is 2.29. The lowest BCUT2D eigenvalue weighted by Gasteiger charge is -2.22. The summed E-state index contributed by atoms with van der Waals surface area (Å²) in [5, 5.41) is 1.96. The molecule has 1 amide bonds. The fourth-order valence-corrected chi connectivity index (χ4v) is 3.23. The lowest BCUT2D eigenvalue weighted by Crippen LogP contribution is -2.36. The molecule has 28 heavy (non-hydrogen) atoms. The topological polar surface area (TPSA) is 46.6 Å². The Hall–Kier alpha value is -3.21. The summed E-state index contributed by atoms with van der Waals surface area (Å²) < 4.78 is 19.2. The molecule has 4 rings (SSSR count). The minimum absolute atomic E-state index is 0.0893. The number of esters is 1. The van der Waals surface area contributed by atoms with Crippen LogP contribution in [0.4, 0.5) is 4.39 Å². The van der Waals surface area contributed by atoms with Crippen molar-refractivity contribution in [2.75, 3.05) is 6.61 Å². The number of fused-ring (bicyclic) bond motifs is 1. The van der Waals surface area contributed by atoms with Gasteiger partial charge in [-0.15, -0.1) is 0 Å². The van der Waals surface area contributed by atoms with Crippen LogP contribution in [-0.2, 0) is 16.1 Å². The van der Waals surface area contributed by atoms with Gasteiger partial charge >= 0.3 is 5.97 Å². The SMILES string of the molecule is O=C(OCC(=O)N(Cc1ccccc1F)C1CC1)c1ccc2ccccc2c1. The molecule has 5 heteroatoms. The second kappa shape index (κ2) is 7.80. The third-order valence-electron chi connectivity index (χ3n) is 4.92. The van der Waals surface area contributed by atoms with Crippen molar-refractivity contribution in [1.82, 2.24) is 4.90 Å². The highest BCUT2D eigenvalue weighted by molar-refractivity contribution is 5.96. The van der Waals surface area contributed by atoms with Gasteiger partial charge in [-0.05, 0) is 41.8 Å². The average Bonchev–Trinajstić information content (AvgIpc) is 3.56. The number of halogens is 1. The Bertz CT molecular complexity index is 1030. The number of amides is 1. The van der Waals surface area contributed by atoms with Crippen LogP contribution in [0.25, 0.3) is 10.8 Å². The van der Waals surface area contributed by atoms with Crippen LogP contribution >= 0.6 is 0 Å². The number of rotatable bonds is 6. The molecule has 1 fully saturated rings. The first-order chi connectivity index (χ1) is 13.6. The fourth-order valence-electron chi connectivity index (χ4n) is 3.23. The Kier molecular flexibility index (Phi) is 5.06. The van der Waals surface area contributed by atoms with Gasteiger partial charge in [0, 0.05) is 18.2 Å². The summed E-state index contributed by atoms with van der Waals surface area (Å²) in [5.74, 6) is -1.19. The van der Waals surface area contributed by atoms with Gasteiger partial charge in [0.2, 0.25) is 0 Å². The van der Waals surface area contributed by atoms with Crippen LogP contribution in [0.2, 0.25) is 0 Å². The Morgan fingerprint density at radius 2 is 1.68 bits per heavy atom. The minimum Gasteiger partial charge on any atom is -0.452 e. The van der Waals surface area contributed by atoms with E-state index >= 15 is 0 Å². The molecular weight excluding hydrogens is 357 g/mol. The lowest BCUT2D eigenvalue weighted by molar-refractivity contribution is -0.135. The smallest absolute Gasteiger partial charge is 0.338 e. The van der Waals surface area contributed by atoms with Crippen LogP contribution in [-0.4, -0.2) is 29.4 Å². The third-order valence-corrected chi connectivity index (χ3v) is 4.92. The van der Waals surface area contributed by atoms with E-state index in [-0.39, 0.29) is 30.9 Å². The molecule has 0 radical (unpaired) electrons. The van der Waals surface area contributed by atoms with E-state index in [1.54, 1.807) is 35.2 Å². The van der Waals surface area contributed by atoms with Crippen molar-refractivity contribution in [2.24, 2.45) is 0 Å². The molecule has 0 atom stereocenters. The quantitative estimate of drug-likeness (QED) is 0.601. The molecule has 1 saturated carbocycles. The Balaban J connectivity index is 1.41. The predicted octanol–water partition coefficient (Wildman–Crippen LogP) is 4.33. The van der Waals surface area contributed by atoms with E-state index in [1.807, 2.05) is 30.3 Å². The number of carbonyl (C=O) groups is 2. The molecule has 0 aromatic heterocycles. The van der Waals surface area contributed by atoms with E-state index in [2.05, 4.69) is 0 Å². The van der Waals surface area contributed by atoms with Gasteiger partial charge in [0.1, 0.15) is 5.82 Å². The van der Waals surface area contributed by atoms with Gasteiger partial charge in [0.15, 0.2) is 6.61 Å². The Morgan fingerprint density at radius 3 is 2.43 bits per heavy atom. The first-order valence-corrected chi connectivity index (χ1v) is 9.30. The number of ether oxygens (including phenoxy) is 1. The number of hydrogen-bond donors (Lipinski definition) is 0. The molecule has 0 bridgehead atoms. The monoisotopic (exact) mass is 377 g/mol. The van der Waals surface area contributed by atoms with Gasteiger partial charge < -0.3 is 9.64 Å². The van der Waals surface area contributed by atoms with Gasteiger partial charge in [-0.2, -0.15) is 0 Å². The summed E-state index contributed by atoms with van der Waals surface area (Å²) in [7, 11) is 0. The van der Waals surface area contributed by atoms with Gasteiger partial charge in [0.05, 0.1) is 5.56 Å². The zero-order valence-corrected chi connectivity index (χ0v) is 15.3. The molecule has 0 aliphatic heterocycles. The van der Waals surface area contributed by atoms with E-state index in [1.165, 1.54) is 6.07 Å². The van der Waals surface area contributed by atoms with Crippen LogP contribution in [0.5, 0.6) is 0 Å². The Labute approximate surface area is 162 Å². The molecule has 0 saturated heterocycles. The summed E-state index contributed by atoms with van der Waals surface area (Å²) >= 11 is 0. The molecule has 1 aliphatic carbocycles. The molecule has 0 heterocycles. The normalized spacial score (nSPS) is 13.3. The summed E-state index contributed by atoms with van der Waals surface area (Å²) in [6.07, 6.45) is 1.78. The van der Waals surface area contributed by atoms with Crippen molar-refractivity contribution in [2.45, 2.75) is 25.4 Å². The number of carbonyl (C=O) groups excluding carboxylic acids is 2. The number of hydrogen-bond acceptors (Lipinski definition) is 3. The van der Waals surface area contributed by atoms with Gasteiger partial charge in [-0.3, -0.25) is 4.79 Å². The van der Waals surface area contributed by atoms with Crippen molar-refractivity contribution >= 4 is 22.6 Å². The average molecular weight is 377 g/mol. The second-order valence-electron chi connectivity index (χ2n) is 6.98. The van der Waals surface area contributed by atoms with Gasteiger partial charge in [-0.1, -0.05) is 48.5 Å². The first-order valence-electron chi connectivity index (χ1n) is 9.30. The predicted molar refractivity (Wildman–Crippen MR) is 104 cm³/mol. The van der Waals surface area contributed by atoms with Crippen LogP contribution in [0, 0.1) is 5.82 Å². The van der Waals surface area contributed by atoms with Crippen LogP contribution in [0.3, 0.4) is 0 Å². The number of benzene rings is 3.